The third kappa shape index (κ3) is 6.97. The molecular weight excluding hydrogens is 384 g/mol. The van der Waals surface area contributed by atoms with Gasteiger partial charge in [0.25, 0.3) is 0 Å². The van der Waals surface area contributed by atoms with Crippen LogP contribution in [0, 0.1) is 22.6 Å². The second-order valence-corrected chi connectivity index (χ2v) is 7.98. The van der Waals surface area contributed by atoms with Gasteiger partial charge in [-0.1, -0.05) is 20.8 Å². The Hall–Kier alpha value is -2.75. The van der Waals surface area contributed by atoms with Crippen molar-refractivity contribution in [3.63, 3.8) is 0 Å². The fourth-order valence-corrected chi connectivity index (χ4v) is 2.91. The first kappa shape index (κ1) is 22.5. The molecule has 3 nitrogen and oxygen atoms in total. The Labute approximate surface area is 168 Å². The number of hydrogen-bond donors (Lipinski definition) is 0. The summed E-state index contributed by atoms with van der Waals surface area (Å²) < 4.78 is 58.5. The number of nitriles is 1. The lowest BCUT2D eigenvalue weighted by Crippen LogP contribution is -2.34. The van der Waals surface area contributed by atoms with Gasteiger partial charge >= 0.3 is 6.18 Å². The predicted octanol–water partition coefficient (Wildman–Crippen LogP) is 6.04. The van der Waals surface area contributed by atoms with E-state index in [0.717, 1.165) is 6.07 Å². The minimum atomic E-state index is -4.60. The molecule has 0 aliphatic carbocycles. The van der Waals surface area contributed by atoms with Crippen LogP contribution in [-0.2, 0) is 6.18 Å². The molecule has 0 aromatic heterocycles. The van der Waals surface area contributed by atoms with Crippen molar-refractivity contribution >= 4 is 5.69 Å². The minimum Gasteiger partial charge on any atom is -0.494 e. The monoisotopic (exact) mass is 408 g/mol. The molecule has 0 heterocycles. The van der Waals surface area contributed by atoms with E-state index in [2.05, 4.69) is 0 Å². The Morgan fingerprint density at radius 1 is 1.03 bits per heavy atom. The smallest absolute Gasteiger partial charge is 0.417 e. The average molecular weight is 408 g/mol. The molecular formula is C22H24F4N2O. The number of halogens is 4. The summed E-state index contributed by atoms with van der Waals surface area (Å²) in [7, 11) is 0. The van der Waals surface area contributed by atoms with Crippen molar-refractivity contribution in [3.05, 3.63) is 59.4 Å². The van der Waals surface area contributed by atoms with Gasteiger partial charge in [0, 0.05) is 18.8 Å². The summed E-state index contributed by atoms with van der Waals surface area (Å²) in [5, 5.41) is 8.99. The molecule has 2 aromatic rings. The van der Waals surface area contributed by atoms with Crippen molar-refractivity contribution in [1.29, 1.82) is 5.26 Å². The molecule has 0 bridgehead atoms. The van der Waals surface area contributed by atoms with E-state index in [1.807, 2.05) is 25.7 Å². The van der Waals surface area contributed by atoms with Crippen molar-refractivity contribution in [1.82, 2.24) is 0 Å². The molecule has 0 fully saturated rings. The van der Waals surface area contributed by atoms with Gasteiger partial charge in [-0.3, -0.25) is 0 Å². The van der Waals surface area contributed by atoms with Gasteiger partial charge in [0.15, 0.2) is 0 Å². The molecule has 29 heavy (non-hydrogen) atoms. The summed E-state index contributed by atoms with van der Waals surface area (Å²) in [6, 6.07) is 11.0. The van der Waals surface area contributed by atoms with E-state index < -0.39 is 17.3 Å². The second-order valence-electron chi connectivity index (χ2n) is 7.98. The third-order valence-electron chi connectivity index (χ3n) is 4.11. The van der Waals surface area contributed by atoms with Crippen LogP contribution in [0.25, 0.3) is 0 Å². The molecule has 0 aliphatic rings. The molecule has 2 aromatic carbocycles. The molecule has 0 radical (unpaired) electrons. The number of rotatable bonds is 7. The van der Waals surface area contributed by atoms with Gasteiger partial charge in [-0.2, -0.15) is 18.4 Å². The first-order valence-electron chi connectivity index (χ1n) is 9.24. The number of anilines is 1. The standard InChI is InChI=1S/C22H24F4N2O/c1-21(2,3)15-28(11-4-12-29-19-9-6-17(23)7-10-19)18-8-5-16(14-27)20(13-18)22(24,25)26/h5-10,13H,4,11-12,15H2,1-3H3. The zero-order valence-electron chi connectivity index (χ0n) is 16.7. The second kappa shape index (κ2) is 9.17. The largest absolute Gasteiger partial charge is 0.494 e. The Bertz CT molecular complexity index is 849. The van der Waals surface area contributed by atoms with Crippen LogP contribution in [-0.4, -0.2) is 19.7 Å². The van der Waals surface area contributed by atoms with E-state index in [1.165, 1.54) is 30.3 Å². The molecule has 0 saturated carbocycles. The molecule has 0 unspecified atom stereocenters. The number of nitrogens with zero attached hydrogens (tertiary/aromatic N) is 2. The number of ether oxygens (including phenoxy) is 1. The summed E-state index contributed by atoms with van der Waals surface area (Å²) in [5.74, 6) is 0.182. The SMILES string of the molecule is CC(C)(C)CN(CCCOc1ccc(F)cc1)c1ccc(C#N)c(C(F)(F)F)c1. The molecule has 0 amide bonds. The molecule has 0 N–H and O–H groups in total. The van der Waals surface area contributed by atoms with Gasteiger partial charge in [-0.15, -0.1) is 0 Å². The van der Waals surface area contributed by atoms with Gasteiger partial charge < -0.3 is 9.64 Å². The lowest BCUT2D eigenvalue weighted by Gasteiger charge is -2.32. The first-order chi connectivity index (χ1) is 13.5. The Balaban J connectivity index is 2.13. The highest BCUT2D eigenvalue weighted by Gasteiger charge is 2.34. The zero-order valence-corrected chi connectivity index (χ0v) is 16.7. The highest BCUT2D eigenvalue weighted by molar-refractivity contribution is 5.55. The van der Waals surface area contributed by atoms with Crippen molar-refractivity contribution in [2.45, 2.75) is 33.4 Å². The van der Waals surface area contributed by atoms with E-state index in [0.29, 0.717) is 37.6 Å². The van der Waals surface area contributed by atoms with Crippen molar-refractivity contribution in [3.8, 4) is 11.8 Å². The van der Waals surface area contributed by atoms with Crippen LogP contribution in [0.3, 0.4) is 0 Å². The van der Waals surface area contributed by atoms with E-state index in [4.69, 9.17) is 10.00 Å². The first-order valence-corrected chi connectivity index (χ1v) is 9.24. The lowest BCUT2D eigenvalue weighted by molar-refractivity contribution is -0.137. The Kier molecular flexibility index (Phi) is 7.12. The molecule has 7 heteroatoms. The normalized spacial score (nSPS) is 11.8. The summed E-state index contributed by atoms with van der Waals surface area (Å²) in [5.41, 5.74) is -1.06. The average Bonchev–Trinajstić information content (AvgIpc) is 2.63. The summed E-state index contributed by atoms with van der Waals surface area (Å²) in [6.07, 6.45) is -4.03. The topological polar surface area (TPSA) is 36.3 Å². The quantitative estimate of drug-likeness (QED) is 0.414. The fraction of sp³-hybridized carbons (Fsp3) is 0.409. The molecule has 156 valence electrons. The van der Waals surface area contributed by atoms with E-state index in [1.54, 1.807) is 12.1 Å². The molecule has 0 atom stereocenters. The van der Waals surface area contributed by atoms with Crippen LogP contribution < -0.4 is 9.64 Å². The Morgan fingerprint density at radius 2 is 1.69 bits per heavy atom. The number of benzene rings is 2. The molecule has 2 rings (SSSR count). The van der Waals surface area contributed by atoms with Crippen LogP contribution in [0.1, 0.15) is 38.3 Å². The van der Waals surface area contributed by atoms with Crippen LogP contribution in [0.2, 0.25) is 0 Å². The summed E-state index contributed by atoms with van der Waals surface area (Å²) >= 11 is 0. The van der Waals surface area contributed by atoms with E-state index >= 15 is 0 Å². The zero-order chi connectivity index (χ0) is 21.7. The maximum Gasteiger partial charge on any atom is 0.417 e. The predicted molar refractivity (Wildman–Crippen MR) is 104 cm³/mol. The number of hydrogen-bond acceptors (Lipinski definition) is 3. The minimum absolute atomic E-state index is 0.149. The highest BCUT2D eigenvalue weighted by atomic mass is 19.4. The molecule has 0 saturated heterocycles. The van der Waals surface area contributed by atoms with Crippen LogP contribution in [0.5, 0.6) is 5.75 Å². The third-order valence-corrected chi connectivity index (χ3v) is 4.11. The van der Waals surface area contributed by atoms with Crippen LogP contribution in [0.4, 0.5) is 23.2 Å². The van der Waals surface area contributed by atoms with Crippen LogP contribution >= 0.6 is 0 Å². The molecule has 0 spiro atoms. The van der Waals surface area contributed by atoms with Gasteiger partial charge in [0.1, 0.15) is 11.6 Å². The van der Waals surface area contributed by atoms with Crippen molar-refractivity contribution in [2.75, 3.05) is 24.6 Å². The van der Waals surface area contributed by atoms with Gasteiger partial charge in [-0.25, -0.2) is 4.39 Å². The van der Waals surface area contributed by atoms with Crippen molar-refractivity contribution < 1.29 is 22.3 Å². The highest BCUT2D eigenvalue weighted by Crippen LogP contribution is 2.35. The van der Waals surface area contributed by atoms with Gasteiger partial charge in [0.2, 0.25) is 0 Å². The lowest BCUT2D eigenvalue weighted by atomic mass is 9.95. The van der Waals surface area contributed by atoms with Crippen LogP contribution in [0.15, 0.2) is 42.5 Å². The van der Waals surface area contributed by atoms with Gasteiger partial charge in [0.05, 0.1) is 23.8 Å². The van der Waals surface area contributed by atoms with E-state index in [9.17, 15) is 17.6 Å². The van der Waals surface area contributed by atoms with E-state index in [-0.39, 0.29) is 11.2 Å². The Morgan fingerprint density at radius 3 is 2.24 bits per heavy atom. The molecule has 0 aliphatic heterocycles. The van der Waals surface area contributed by atoms with Crippen molar-refractivity contribution in [2.24, 2.45) is 5.41 Å². The maximum atomic E-state index is 13.3. The maximum absolute atomic E-state index is 13.3. The number of alkyl halides is 3. The fourth-order valence-electron chi connectivity index (χ4n) is 2.91. The van der Waals surface area contributed by atoms with Gasteiger partial charge in [-0.05, 0) is 54.3 Å². The summed E-state index contributed by atoms with van der Waals surface area (Å²) in [4.78, 5) is 1.87. The summed E-state index contributed by atoms with van der Waals surface area (Å²) in [6.45, 7) is 7.36.